The van der Waals surface area contributed by atoms with Gasteiger partial charge < -0.3 is 10.3 Å². The number of hydrogen-bond acceptors (Lipinski definition) is 5. The van der Waals surface area contributed by atoms with Crippen molar-refractivity contribution in [3.8, 4) is 11.4 Å². The zero-order valence-electron chi connectivity index (χ0n) is 16.5. The summed E-state index contributed by atoms with van der Waals surface area (Å²) in [6.07, 6.45) is 1.71. The van der Waals surface area contributed by atoms with Gasteiger partial charge in [-0.15, -0.1) is 0 Å². The molecule has 2 aromatic carbocycles. The lowest BCUT2D eigenvalue weighted by atomic mass is 10.1. The van der Waals surface area contributed by atoms with E-state index in [9.17, 15) is 9.59 Å². The quantitative estimate of drug-likeness (QED) is 0.343. The number of pyridine rings is 1. The van der Waals surface area contributed by atoms with Crippen LogP contribution in [0.3, 0.4) is 0 Å². The van der Waals surface area contributed by atoms with Crippen molar-refractivity contribution < 1.29 is 9.59 Å². The molecule has 0 bridgehead atoms. The van der Waals surface area contributed by atoms with Gasteiger partial charge in [-0.3, -0.25) is 9.59 Å². The van der Waals surface area contributed by atoms with Crippen molar-refractivity contribution in [2.45, 2.75) is 24.1 Å². The van der Waals surface area contributed by atoms with Crippen molar-refractivity contribution in [3.05, 3.63) is 72.4 Å². The second kappa shape index (κ2) is 8.51. The molecule has 0 aliphatic rings. The Balaban J connectivity index is 1.51. The van der Waals surface area contributed by atoms with Crippen molar-refractivity contribution in [2.24, 2.45) is 0 Å². The number of imidazole rings is 1. The molecule has 1 unspecified atom stereocenters. The second-order valence-corrected chi connectivity index (χ2v) is 8.17. The molecule has 2 N–H and O–H groups in total. The van der Waals surface area contributed by atoms with Crippen LogP contribution in [0.5, 0.6) is 0 Å². The van der Waals surface area contributed by atoms with Crippen LogP contribution in [0.25, 0.3) is 22.4 Å². The molecule has 0 aliphatic heterocycles. The average molecular weight is 417 g/mol. The second-order valence-electron chi connectivity index (χ2n) is 6.84. The topological polar surface area (TPSA) is 87.7 Å². The zero-order valence-corrected chi connectivity index (χ0v) is 17.4. The predicted molar refractivity (Wildman–Crippen MR) is 120 cm³/mol. The number of fused-ring (bicyclic) bond motifs is 1. The Labute approximate surface area is 178 Å². The van der Waals surface area contributed by atoms with E-state index in [1.165, 1.54) is 18.7 Å². The molecule has 0 saturated carbocycles. The number of hydrogen-bond donors (Lipinski definition) is 2. The van der Waals surface area contributed by atoms with Gasteiger partial charge in [0.1, 0.15) is 10.9 Å². The lowest BCUT2D eigenvalue weighted by Gasteiger charge is -2.13. The molecule has 1 amide bonds. The normalized spacial score (nSPS) is 11.9. The van der Waals surface area contributed by atoms with E-state index in [2.05, 4.69) is 20.3 Å². The van der Waals surface area contributed by atoms with Gasteiger partial charge in [0.05, 0.1) is 16.3 Å². The molecule has 7 heteroatoms. The van der Waals surface area contributed by atoms with E-state index in [-0.39, 0.29) is 16.9 Å². The van der Waals surface area contributed by atoms with Gasteiger partial charge in [-0.2, -0.15) is 0 Å². The number of aromatic amines is 1. The Morgan fingerprint density at radius 1 is 1.03 bits per heavy atom. The highest BCUT2D eigenvalue weighted by Crippen LogP contribution is 2.32. The maximum Gasteiger partial charge on any atom is 0.237 e. The molecule has 0 spiro atoms. The van der Waals surface area contributed by atoms with Crippen LogP contribution in [0.4, 0.5) is 5.69 Å². The Morgan fingerprint density at radius 2 is 1.80 bits per heavy atom. The SMILES string of the molecule is CC(=O)c1ccc(NC(=O)C(C)Sc2ncccc2-c2nc3ccccc3[nH]2)cc1. The summed E-state index contributed by atoms with van der Waals surface area (Å²) in [5, 5.41) is 3.24. The number of Topliss-reactive ketones (excluding diaryl/α,β-unsaturated/α-hetero) is 1. The molecule has 1 atom stereocenters. The van der Waals surface area contributed by atoms with Crippen molar-refractivity contribution >= 4 is 40.2 Å². The van der Waals surface area contributed by atoms with E-state index in [0.717, 1.165) is 27.4 Å². The van der Waals surface area contributed by atoms with E-state index in [1.54, 1.807) is 30.5 Å². The maximum absolute atomic E-state index is 12.7. The first-order chi connectivity index (χ1) is 14.5. The zero-order chi connectivity index (χ0) is 21.1. The molecule has 0 fully saturated rings. The van der Waals surface area contributed by atoms with E-state index < -0.39 is 0 Å². The minimum atomic E-state index is -0.379. The summed E-state index contributed by atoms with van der Waals surface area (Å²) in [6, 6.07) is 18.5. The van der Waals surface area contributed by atoms with Gasteiger partial charge in [-0.05, 0) is 62.4 Å². The number of para-hydroxylation sites is 2. The number of thioether (sulfide) groups is 1. The Hall–Kier alpha value is -3.45. The number of amides is 1. The molecular weight excluding hydrogens is 396 g/mol. The van der Waals surface area contributed by atoms with E-state index >= 15 is 0 Å². The monoisotopic (exact) mass is 416 g/mol. The molecule has 0 radical (unpaired) electrons. The van der Waals surface area contributed by atoms with Crippen molar-refractivity contribution in [3.63, 3.8) is 0 Å². The van der Waals surface area contributed by atoms with Gasteiger partial charge >= 0.3 is 0 Å². The summed E-state index contributed by atoms with van der Waals surface area (Å²) in [4.78, 5) is 36.5. The summed E-state index contributed by atoms with van der Waals surface area (Å²) in [5.74, 6) is 0.570. The van der Waals surface area contributed by atoms with Crippen molar-refractivity contribution in [1.29, 1.82) is 0 Å². The Bertz CT molecular complexity index is 1180. The first kappa shape index (κ1) is 19.8. The number of nitrogens with zero attached hydrogens (tertiary/aromatic N) is 2. The van der Waals surface area contributed by atoms with Gasteiger partial charge in [0.25, 0.3) is 0 Å². The third-order valence-electron chi connectivity index (χ3n) is 4.63. The number of rotatable bonds is 6. The molecule has 4 aromatic rings. The lowest BCUT2D eigenvalue weighted by Crippen LogP contribution is -2.22. The predicted octanol–water partition coefficient (Wildman–Crippen LogP) is 4.95. The van der Waals surface area contributed by atoms with Gasteiger partial charge in [-0.25, -0.2) is 9.97 Å². The van der Waals surface area contributed by atoms with Crippen LogP contribution in [-0.2, 0) is 4.79 Å². The van der Waals surface area contributed by atoms with Gasteiger partial charge in [0.15, 0.2) is 5.78 Å². The molecule has 6 nitrogen and oxygen atoms in total. The maximum atomic E-state index is 12.7. The molecule has 30 heavy (non-hydrogen) atoms. The summed E-state index contributed by atoms with van der Waals surface area (Å²) in [5.41, 5.74) is 3.94. The molecule has 2 heterocycles. The summed E-state index contributed by atoms with van der Waals surface area (Å²) >= 11 is 1.37. The average Bonchev–Trinajstić information content (AvgIpc) is 3.18. The number of carbonyl (C=O) groups excluding carboxylic acids is 2. The minimum absolute atomic E-state index is 0.00920. The molecule has 2 aromatic heterocycles. The smallest absolute Gasteiger partial charge is 0.237 e. The van der Waals surface area contributed by atoms with Crippen molar-refractivity contribution in [2.75, 3.05) is 5.32 Å². The van der Waals surface area contributed by atoms with Crippen LogP contribution in [0.15, 0.2) is 71.9 Å². The number of ketones is 1. The number of nitrogens with one attached hydrogen (secondary N) is 2. The standard InChI is InChI=1S/C23H20N4O2S/c1-14(28)16-9-11-17(12-10-16)25-22(29)15(2)30-23-18(6-5-13-24-23)21-26-19-7-3-4-8-20(19)27-21/h3-13,15H,1-2H3,(H,25,29)(H,26,27). The summed E-state index contributed by atoms with van der Waals surface area (Å²) in [6.45, 7) is 3.35. The number of anilines is 1. The third-order valence-corrected chi connectivity index (χ3v) is 5.75. The van der Waals surface area contributed by atoms with Crippen LogP contribution in [0.1, 0.15) is 24.2 Å². The molecular formula is C23H20N4O2S. The highest BCUT2D eigenvalue weighted by molar-refractivity contribution is 8.00. The highest BCUT2D eigenvalue weighted by Gasteiger charge is 2.19. The molecule has 4 rings (SSSR count). The largest absolute Gasteiger partial charge is 0.338 e. The highest BCUT2D eigenvalue weighted by atomic mass is 32.2. The molecule has 150 valence electrons. The van der Waals surface area contributed by atoms with Crippen molar-refractivity contribution in [1.82, 2.24) is 15.0 Å². The first-order valence-electron chi connectivity index (χ1n) is 9.50. The third kappa shape index (κ3) is 4.26. The van der Waals surface area contributed by atoms with Crippen LogP contribution in [0.2, 0.25) is 0 Å². The summed E-state index contributed by atoms with van der Waals surface area (Å²) < 4.78 is 0. The van der Waals surface area contributed by atoms with E-state index in [0.29, 0.717) is 11.3 Å². The fraction of sp³-hybridized carbons (Fsp3) is 0.130. The van der Waals surface area contributed by atoms with Crippen LogP contribution in [-0.4, -0.2) is 31.9 Å². The minimum Gasteiger partial charge on any atom is -0.338 e. The molecule has 0 aliphatic carbocycles. The number of benzene rings is 2. The van der Waals surface area contributed by atoms with Gasteiger partial charge in [0.2, 0.25) is 5.91 Å². The van der Waals surface area contributed by atoms with Crippen LogP contribution >= 0.6 is 11.8 Å². The van der Waals surface area contributed by atoms with Crippen LogP contribution in [0, 0.1) is 0 Å². The summed E-state index contributed by atoms with van der Waals surface area (Å²) in [7, 11) is 0. The Kier molecular flexibility index (Phi) is 5.63. The lowest BCUT2D eigenvalue weighted by molar-refractivity contribution is -0.115. The van der Waals surface area contributed by atoms with Crippen LogP contribution < -0.4 is 5.32 Å². The number of aromatic nitrogens is 3. The fourth-order valence-electron chi connectivity index (χ4n) is 3.00. The van der Waals surface area contributed by atoms with Gasteiger partial charge in [0, 0.05) is 23.0 Å². The first-order valence-corrected chi connectivity index (χ1v) is 10.4. The fourth-order valence-corrected chi connectivity index (χ4v) is 3.91. The van der Waals surface area contributed by atoms with E-state index in [1.807, 2.05) is 43.3 Å². The number of carbonyl (C=O) groups is 2. The van der Waals surface area contributed by atoms with Gasteiger partial charge in [-0.1, -0.05) is 23.9 Å². The van der Waals surface area contributed by atoms with E-state index in [4.69, 9.17) is 0 Å². The number of H-pyrrole nitrogens is 1. The Morgan fingerprint density at radius 3 is 2.53 bits per heavy atom. The molecule has 0 saturated heterocycles.